The lowest BCUT2D eigenvalue weighted by Crippen LogP contribution is -2.13. The van der Waals surface area contributed by atoms with Crippen molar-refractivity contribution in [1.82, 2.24) is 9.97 Å². The second-order valence-corrected chi connectivity index (χ2v) is 3.36. The number of nitrogens with zero attached hydrogens (tertiary/aromatic N) is 1. The van der Waals surface area contributed by atoms with Crippen molar-refractivity contribution in [2.75, 3.05) is 0 Å². The van der Waals surface area contributed by atoms with Gasteiger partial charge < -0.3 is 15.1 Å². The fourth-order valence-electron chi connectivity index (χ4n) is 1.25. The average Bonchev–Trinajstić information content (AvgIpc) is 2.75. The number of aromatic amines is 1. The zero-order valence-corrected chi connectivity index (χ0v) is 8.16. The van der Waals surface area contributed by atoms with E-state index in [1.807, 2.05) is 0 Å². The maximum Gasteiger partial charge on any atom is 0.193 e. The predicted molar refractivity (Wildman–Crippen MR) is 52.9 cm³/mol. The van der Waals surface area contributed by atoms with Crippen molar-refractivity contribution in [3.05, 3.63) is 41.3 Å². The van der Waals surface area contributed by atoms with Crippen LogP contribution in [0.3, 0.4) is 0 Å². The Hall–Kier alpha value is -1.26. The Bertz CT molecular complexity index is 396. The first-order valence-electron chi connectivity index (χ1n) is 4.25. The van der Waals surface area contributed by atoms with E-state index in [9.17, 15) is 0 Å². The summed E-state index contributed by atoms with van der Waals surface area (Å²) in [4.78, 5) is 7.06. The van der Waals surface area contributed by atoms with Crippen molar-refractivity contribution in [1.29, 1.82) is 0 Å². The zero-order valence-electron chi connectivity index (χ0n) is 7.40. The maximum absolute atomic E-state index is 5.89. The molecule has 2 heterocycles. The van der Waals surface area contributed by atoms with Crippen molar-refractivity contribution >= 4 is 11.6 Å². The SMILES string of the molecule is NC(Cc1ncc[nH]1)c1ccc(Cl)o1. The summed E-state index contributed by atoms with van der Waals surface area (Å²) in [6, 6.07) is 3.24. The number of rotatable bonds is 3. The van der Waals surface area contributed by atoms with Crippen LogP contribution in [0.4, 0.5) is 0 Å². The smallest absolute Gasteiger partial charge is 0.193 e. The molecule has 1 unspecified atom stereocenters. The Morgan fingerprint density at radius 2 is 2.43 bits per heavy atom. The van der Waals surface area contributed by atoms with Crippen molar-refractivity contribution in [2.24, 2.45) is 5.73 Å². The van der Waals surface area contributed by atoms with Crippen LogP contribution in [0, 0.1) is 0 Å². The molecule has 0 spiro atoms. The highest BCUT2D eigenvalue weighted by Gasteiger charge is 2.12. The topological polar surface area (TPSA) is 67.8 Å². The summed E-state index contributed by atoms with van der Waals surface area (Å²) in [5.41, 5.74) is 5.89. The van der Waals surface area contributed by atoms with Crippen LogP contribution in [-0.4, -0.2) is 9.97 Å². The maximum atomic E-state index is 5.89. The molecule has 0 aliphatic heterocycles. The van der Waals surface area contributed by atoms with E-state index in [4.69, 9.17) is 21.8 Å². The molecule has 2 aromatic rings. The van der Waals surface area contributed by atoms with Crippen LogP contribution >= 0.6 is 11.6 Å². The van der Waals surface area contributed by atoms with Gasteiger partial charge in [-0.15, -0.1) is 0 Å². The molecule has 0 amide bonds. The Kier molecular flexibility index (Phi) is 2.56. The lowest BCUT2D eigenvalue weighted by molar-refractivity contribution is 0.463. The summed E-state index contributed by atoms with van der Waals surface area (Å²) in [6.45, 7) is 0. The number of hydrogen-bond donors (Lipinski definition) is 2. The van der Waals surface area contributed by atoms with Crippen molar-refractivity contribution < 1.29 is 4.42 Å². The van der Waals surface area contributed by atoms with Crippen LogP contribution in [0.15, 0.2) is 28.9 Å². The minimum Gasteiger partial charge on any atom is -0.448 e. The fourth-order valence-corrected chi connectivity index (χ4v) is 1.40. The Labute approximate surface area is 86.1 Å². The summed E-state index contributed by atoms with van der Waals surface area (Å²) in [5, 5.41) is 0.356. The van der Waals surface area contributed by atoms with Crippen molar-refractivity contribution in [2.45, 2.75) is 12.5 Å². The van der Waals surface area contributed by atoms with Gasteiger partial charge in [-0.2, -0.15) is 0 Å². The lowest BCUT2D eigenvalue weighted by Gasteiger charge is -2.05. The summed E-state index contributed by atoms with van der Waals surface area (Å²) in [5.74, 6) is 1.51. The van der Waals surface area contributed by atoms with Gasteiger partial charge in [0.1, 0.15) is 11.6 Å². The standard InChI is InChI=1S/C9H10ClN3O/c10-8-2-1-7(14-8)6(11)5-9-12-3-4-13-9/h1-4,6H,5,11H2,(H,12,13). The third-order valence-electron chi connectivity index (χ3n) is 1.93. The molecule has 0 aliphatic rings. The minimum absolute atomic E-state index is 0.214. The molecular weight excluding hydrogens is 202 g/mol. The number of nitrogens with two attached hydrogens (primary N) is 1. The number of imidazole rings is 1. The number of H-pyrrole nitrogens is 1. The van der Waals surface area contributed by atoms with Crippen LogP contribution in [0.25, 0.3) is 0 Å². The molecule has 3 N–H and O–H groups in total. The van der Waals surface area contributed by atoms with E-state index in [2.05, 4.69) is 9.97 Å². The van der Waals surface area contributed by atoms with Gasteiger partial charge in [0.15, 0.2) is 5.22 Å². The van der Waals surface area contributed by atoms with Crippen LogP contribution in [0.5, 0.6) is 0 Å². The van der Waals surface area contributed by atoms with Crippen LogP contribution in [-0.2, 0) is 6.42 Å². The van der Waals surface area contributed by atoms with Gasteiger partial charge in [-0.25, -0.2) is 4.98 Å². The second kappa shape index (κ2) is 3.86. The third-order valence-corrected chi connectivity index (χ3v) is 2.13. The molecular formula is C9H10ClN3O. The largest absolute Gasteiger partial charge is 0.448 e. The molecule has 74 valence electrons. The molecule has 0 aromatic carbocycles. The van der Waals surface area contributed by atoms with Gasteiger partial charge in [0, 0.05) is 18.8 Å². The van der Waals surface area contributed by atoms with Gasteiger partial charge in [0.2, 0.25) is 0 Å². The monoisotopic (exact) mass is 211 g/mol. The number of nitrogens with one attached hydrogen (secondary N) is 1. The van der Waals surface area contributed by atoms with Crippen molar-refractivity contribution in [3.63, 3.8) is 0 Å². The molecule has 4 nitrogen and oxygen atoms in total. The number of aromatic nitrogens is 2. The zero-order chi connectivity index (χ0) is 9.97. The molecule has 2 rings (SSSR count). The van der Waals surface area contributed by atoms with E-state index >= 15 is 0 Å². The van der Waals surface area contributed by atoms with E-state index < -0.39 is 0 Å². The van der Waals surface area contributed by atoms with Gasteiger partial charge in [0.25, 0.3) is 0 Å². The normalized spacial score (nSPS) is 13.0. The van der Waals surface area contributed by atoms with E-state index in [1.165, 1.54) is 0 Å². The number of furan rings is 1. The quantitative estimate of drug-likeness (QED) is 0.815. The molecule has 0 saturated carbocycles. The molecule has 0 radical (unpaired) electrons. The average molecular weight is 212 g/mol. The molecule has 14 heavy (non-hydrogen) atoms. The summed E-state index contributed by atoms with van der Waals surface area (Å²) in [6.07, 6.45) is 4.06. The van der Waals surface area contributed by atoms with E-state index in [0.717, 1.165) is 5.82 Å². The summed E-state index contributed by atoms with van der Waals surface area (Å²) in [7, 11) is 0. The Morgan fingerprint density at radius 1 is 1.57 bits per heavy atom. The van der Waals surface area contributed by atoms with Crippen molar-refractivity contribution in [3.8, 4) is 0 Å². The summed E-state index contributed by atoms with van der Waals surface area (Å²) < 4.78 is 5.19. The molecule has 5 heteroatoms. The van der Waals surface area contributed by atoms with Gasteiger partial charge in [-0.05, 0) is 23.7 Å². The molecule has 2 aromatic heterocycles. The first kappa shape index (κ1) is 9.30. The second-order valence-electron chi connectivity index (χ2n) is 2.99. The number of halogens is 1. The summed E-state index contributed by atoms with van der Waals surface area (Å²) >= 11 is 5.64. The Balaban J connectivity index is 2.06. The molecule has 0 fully saturated rings. The minimum atomic E-state index is -0.214. The molecule has 0 saturated heterocycles. The lowest BCUT2D eigenvalue weighted by atomic mass is 10.1. The van der Waals surface area contributed by atoms with Gasteiger partial charge in [-0.1, -0.05) is 0 Å². The highest BCUT2D eigenvalue weighted by atomic mass is 35.5. The highest BCUT2D eigenvalue weighted by molar-refractivity contribution is 6.28. The van der Waals surface area contributed by atoms with Gasteiger partial charge in [-0.3, -0.25) is 0 Å². The number of hydrogen-bond acceptors (Lipinski definition) is 3. The van der Waals surface area contributed by atoms with E-state index in [-0.39, 0.29) is 6.04 Å². The van der Waals surface area contributed by atoms with E-state index in [1.54, 1.807) is 24.5 Å². The van der Waals surface area contributed by atoms with Crippen LogP contribution in [0.1, 0.15) is 17.6 Å². The first-order valence-corrected chi connectivity index (χ1v) is 4.62. The van der Waals surface area contributed by atoms with Gasteiger partial charge >= 0.3 is 0 Å². The van der Waals surface area contributed by atoms with Gasteiger partial charge in [0.05, 0.1) is 6.04 Å². The molecule has 1 atom stereocenters. The molecule has 0 aliphatic carbocycles. The van der Waals surface area contributed by atoms with Crippen LogP contribution in [0.2, 0.25) is 5.22 Å². The highest BCUT2D eigenvalue weighted by Crippen LogP contribution is 2.20. The first-order chi connectivity index (χ1) is 6.75. The van der Waals surface area contributed by atoms with Crippen LogP contribution < -0.4 is 5.73 Å². The molecule has 0 bridgehead atoms. The fraction of sp³-hybridized carbons (Fsp3) is 0.222. The Morgan fingerprint density at radius 3 is 3.00 bits per heavy atom. The third kappa shape index (κ3) is 1.97. The predicted octanol–water partition coefficient (Wildman–Crippen LogP) is 1.90. The van der Waals surface area contributed by atoms with E-state index in [0.29, 0.717) is 17.4 Å².